The molecule has 6 N–H and O–H groups in total. The third-order valence-electron chi connectivity index (χ3n) is 6.16. The summed E-state index contributed by atoms with van der Waals surface area (Å²) in [6, 6.07) is 3.08. The van der Waals surface area contributed by atoms with E-state index in [9.17, 15) is 19.5 Å². The predicted molar refractivity (Wildman–Crippen MR) is 152 cm³/mol. The summed E-state index contributed by atoms with van der Waals surface area (Å²) in [5.74, 6) is -1.19. The van der Waals surface area contributed by atoms with Crippen molar-refractivity contribution in [2.45, 2.75) is 29.9 Å². The fraction of sp³-hybridized carbons (Fsp3) is 0.333. The molecule has 16 heteroatoms. The summed E-state index contributed by atoms with van der Waals surface area (Å²) in [5.41, 5.74) is 12.9. The molecule has 210 valence electrons. The average Bonchev–Trinajstić information content (AvgIpc) is 3.55. The maximum atomic E-state index is 13.2. The number of hydrogen-bond acceptors (Lipinski definition) is 11. The molecule has 2 aliphatic heterocycles. The quantitative estimate of drug-likeness (QED) is 0.0792. The summed E-state index contributed by atoms with van der Waals surface area (Å²) in [5, 5.41) is 18.9. The first kappa shape index (κ1) is 27.9. The highest BCUT2D eigenvalue weighted by molar-refractivity contribution is 8.00. The number of aliphatic carboxylic acids is 1. The third kappa shape index (κ3) is 5.39. The van der Waals surface area contributed by atoms with Gasteiger partial charge in [-0.15, -0.1) is 34.9 Å². The number of rotatable bonds is 11. The van der Waals surface area contributed by atoms with Gasteiger partial charge < -0.3 is 31.1 Å². The monoisotopic (exact) mass is 603 g/mol. The van der Waals surface area contributed by atoms with Crippen molar-refractivity contribution in [1.82, 2.24) is 19.6 Å². The first-order chi connectivity index (χ1) is 19.3. The van der Waals surface area contributed by atoms with Crippen molar-refractivity contribution in [3.05, 3.63) is 53.1 Å². The summed E-state index contributed by atoms with van der Waals surface area (Å²) < 4.78 is 3.94. The first-order valence-electron chi connectivity index (χ1n) is 12.3. The number of β-lactam (4-membered cyclic amide) rings is 1. The molecule has 0 radical (unpaired) electrons. The standard InChI is InChI=1S/C24H26N8O5S3/c1-2-37-29-17(15-12-40-24(26)27-15)20(33)28-18-21(34)32-19(23(35)36)13(11-39-22(18)32)9-30-6-7-31-14(10-30)3-4-16(31)38-8-5-25/h3-4,6-7,10,12,18,22H,2,5,8-9,11,25H2,1H3,(H3-,26,27,28,33,35,36)/p+1/b29-17-/t18-,22-/m1/s1. The van der Waals surface area contributed by atoms with Crippen molar-refractivity contribution in [3.63, 3.8) is 0 Å². The topological polar surface area (TPSA) is 182 Å². The zero-order chi connectivity index (χ0) is 28.4. The number of nitrogens with two attached hydrogens (primary N) is 2. The Morgan fingerprint density at radius 2 is 2.23 bits per heavy atom. The Bertz CT molecular complexity index is 1530. The number of carboxylic acid groups (broad SMARTS) is 1. The smallest absolute Gasteiger partial charge is 0.352 e. The van der Waals surface area contributed by atoms with Gasteiger partial charge in [-0.3, -0.25) is 14.5 Å². The molecule has 2 aliphatic rings. The summed E-state index contributed by atoms with van der Waals surface area (Å²) in [4.78, 5) is 48.9. The summed E-state index contributed by atoms with van der Waals surface area (Å²) in [7, 11) is 0. The minimum absolute atomic E-state index is 0.0586. The second-order valence-corrected chi connectivity index (χ2v) is 11.9. The molecular weight excluding hydrogens is 577 g/mol. The van der Waals surface area contributed by atoms with Gasteiger partial charge >= 0.3 is 5.97 Å². The zero-order valence-electron chi connectivity index (χ0n) is 21.4. The number of nitrogens with zero attached hydrogens (tertiary/aromatic N) is 5. The van der Waals surface area contributed by atoms with Gasteiger partial charge in [0, 0.05) is 29.0 Å². The largest absolute Gasteiger partial charge is 0.477 e. The molecule has 2 amide bonds. The molecule has 3 aromatic heterocycles. The molecular formula is C24H27N8O5S3+. The van der Waals surface area contributed by atoms with Crippen molar-refractivity contribution in [1.29, 1.82) is 0 Å². The van der Waals surface area contributed by atoms with E-state index in [2.05, 4.69) is 15.5 Å². The lowest BCUT2D eigenvalue weighted by Crippen LogP contribution is -2.71. The van der Waals surface area contributed by atoms with Gasteiger partial charge in [-0.25, -0.2) is 9.78 Å². The number of nitrogen functional groups attached to an aromatic ring is 1. The van der Waals surface area contributed by atoms with E-state index >= 15 is 0 Å². The Morgan fingerprint density at radius 1 is 1.40 bits per heavy atom. The van der Waals surface area contributed by atoms with Crippen LogP contribution in [0.15, 0.2) is 57.6 Å². The van der Waals surface area contributed by atoms with Crippen LogP contribution >= 0.6 is 34.9 Å². The van der Waals surface area contributed by atoms with Gasteiger partial charge in [0.05, 0.1) is 11.2 Å². The SMILES string of the molecule is CCO/N=C(\C(=O)N[C@@H]1C(=O)N2C(C(=O)O)=C(C[n+]3ccn4c(SCCN)ccc4c3)CS[C@H]12)c1csc(N)n1. The summed E-state index contributed by atoms with van der Waals surface area (Å²) in [6.07, 6.45) is 5.72. The second kappa shape index (κ2) is 11.9. The number of thiazole rings is 1. The molecule has 0 unspecified atom stereocenters. The number of amides is 2. The lowest BCUT2D eigenvalue weighted by Gasteiger charge is -2.49. The number of carbonyl (C=O) groups excluding carboxylic acids is 2. The molecule has 13 nitrogen and oxygen atoms in total. The van der Waals surface area contributed by atoms with Crippen LogP contribution in [0.4, 0.5) is 5.13 Å². The number of thioether (sulfide) groups is 2. The van der Waals surface area contributed by atoms with Crippen molar-refractivity contribution >= 4 is 69.0 Å². The molecule has 2 atom stereocenters. The second-order valence-electron chi connectivity index (χ2n) is 8.75. The van der Waals surface area contributed by atoms with Gasteiger partial charge in [-0.05, 0) is 19.1 Å². The molecule has 0 bridgehead atoms. The van der Waals surface area contributed by atoms with Crippen LogP contribution in [0.1, 0.15) is 12.6 Å². The highest BCUT2D eigenvalue weighted by Crippen LogP contribution is 2.40. The Hall–Kier alpha value is -3.60. The van der Waals surface area contributed by atoms with E-state index in [1.165, 1.54) is 16.7 Å². The van der Waals surface area contributed by atoms with E-state index in [0.717, 1.165) is 27.6 Å². The fourth-order valence-electron chi connectivity index (χ4n) is 4.42. The maximum absolute atomic E-state index is 13.2. The van der Waals surface area contributed by atoms with Crippen LogP contribution in [0.25, 0.3) is 5.52 Å². The minimum atomic E-state index is -1.19. The van der Waals surface area contributed by atoms with E-state index in [-0.39, 0.29) is 28.8 Å². The number of anilines is 1. The zero-order valence-corrected chi connectivity index (χ0v) is 23.8. The number of carbonyl (C=O) groups is 3. The highest BCUT2D eigenvalue weighted by Gasteiger charge is 2.54. The van der Waals surface area contributed by atoms with Crippen molar-refractivity contribution in [2.75, 3.05) is 30.4 Å². The van der Waals surface area contributed by atoms with E-state index in [4.69, 9.17) is 16.3 Å². The van der Waals surface area contributed by atoms with E-state index in [1.54, 1.807) is 24.1 Å². The van der Waals surface area contributed by atoms with E-state index < -0.39 is 29.2 Å². The van der Waals surface area contributed by atoms with Crippen molar-refractivity contribution in [2.24, 2.45) is 10.9 Å². The molecule has 40 heavy (non-hydrogen) atoms. The molecule has 1 saturated heterocycles. The molecule has 5 heterocycles. The van der Waals surface area contributed by atoms with Gasteiger partial charge in [-0.2, -0.15) is 4.57 Å². The van der Waals surface area contributed by atoms with Gasteiger partial charge in [0.25, 0.3) is 11.8 Å². The van der Waals surface area contributed by atoms with Gasteiger partial charge in [0.2, 0.25) is 0 Å². The van der Waals surface area contributed by atoms with Crippen molar-refractivity contribution < 1.29 is 28.9 Å². The Labute approximate surface area is 241 Å². The van der Waals surface area contributed by atoms with Crippen LogP contribution in [0, 0.1) is 0 Å². The minimum Gasteiger partial charge on any atom is -0.477 e. The van der Waals surface area contributed by atoms with Gasteiger partial charge in [-0.1, -0.05) is 5.16 Å². The van der Waals surface area contributed by atoms with Crippen LogP contribution < -0.4 is 21.4 Å². The number of carboxylic acids is 1. The predicted octanol–water partition coefficient (Wildman–Crippen LogP) is 0.496. The molecule has 0 aromatic carbocycles. The van der Waals surface area contributed by atoms with Crippen molar-refractivity contribution in [3.8, 4) is 0 Å². The third-order valence-corrected chi connectivity index (χ3v) is 9.24. The molecule has 3 aromatic rings. The number of oxime groups is 1. The molecule has 0 spiro atoms. The lowest BCUT2D eigenvalue weighted by atomic mass is 10.0. The average molecular weight is 604 g/mol. The van der Waals surface area contributed by atoms with E-state index in [0.29, 0.717) is 24.4 Å². The Balaban J connectivity index is 1.33. The van der Waals surface area contributed by atoms with Gasteiger partial charge in [0.15, 0.2) is 29.8 Å². The van der Waals surface area contributed by atoms with Crippen LogP contribution in [-0.4, -0.2) is 79.0 Å². The highest BCUT2D eigenvalue weighted by atomic mass is 32.2. The summed E-state index contributed by atoms with van der Waals surface area (Å²) >= 11 is 4.19. The molecule has 1 fully saturated rings. The number of nitrogens with one attached hydrogen (secondary N) is 1. The Kier molecular flexibility index (Phi) is 8.30. The fourth-order valence-corrected chi connectivity index (χ4v) is 7.10. The Morgan fingerprint density at radius 3 is 2.92 bits per heavy atom. The first-order valence-corrected chi connectivity index (χ1v) is 15.2. The maximum Gasteiger partial charge on any atom is 0.352 e. The van der Waals surface area contributed by atoms with E-state index in [1.807, 2.05) is 39.7 Å². The van der Waals surface area contributed by atoms with Crippen LogP contribution in [0.5, 0.6) is 0 Å². The molecule has 5 rings (SSSR count). The lowest BCUT2D eigenvalue weighted by molar-refractivity contribution is -0.688. The molecule has 0 aliphatic carbocycles. The molecule has 0 saturated carbocycles. The van der Waals surface area contributed by atoms with Crippen LogP contribution in [0.3, 0.4) is 0 Å². The van der Waals surface area contributed by atoms with Crippen LogP contribution in [-0.2, 0) is 25.8 Å². The number of hydrogen-bond donors (Lipinski definition) is 4. The number of aromatic nitrogens is 3. The van der Waals surface area contributed by atoms with Crippen LogP contribution in [0.2, 0.25) is 0 Å². The normalized spacial score (nSPS) is 19.0. The van der Waals surface area contributed by atoms with Gasteiger partial charge in [0.1, 0.15) is 34.9 Å². The number of fused-ring (bicyclic) bond motifs is 2. The summed E-state index contributed by atoms with van der Waals surface area (Å²) in [6.45, 7) is 2.82.